The van der Waals surface area contributed by atoms with Crippen LogP contribution in [0.4, 0.5) is 4.39 Å². The van der Waals surface area contributed by atoms with Crippen LogP contribution in [0.15, 0.2) is 48.5 Å². The molecule has 0 bridgehead atoms. The molecule has 1 atom stereocenters. The van der Waals surface area contributed by atoms with E-state index < -0.39 is 5.82 Å². The lowest BCUT2D eigenvalue weighted by Crippen LogP contribution is -2.50. The summed E-state index contributed by atoms with van der Waals surface area (Å²) in [6.45, 7) is 4.03. The highest BCUT2D eigenvalue weighted by molar-refractivity contribution is 8.00. The third kappa shape index (κ3) is 4.85. The van der Waals surface area contributed by atoms with Crippen molar-refractivity contribution in [3.8, 4) is 5.75 Å². The maximum atomic E-state index is 13.4. The molecule has 0 aliphatic carbocycles. The SMILES string of the molecule is COc1ccccc1[C@@H]1SCC(=O)N1CCN1CCN(C(=O)c2cccc(F)c2)CC1. The summed E-state index contributed by atoms with van der Waals surface area (Å²) in [6, 6.07) is 13.7. The fraction of sp³-hybridized carbons (Fsp3) is 0.391. The second-order valence-electron chi connectivity index (χ2n) is 7.64. The van der Waals surface area contributed by atoms with Gasteiger partial charge in [0, 0.05) is 50.4 Å². The van der Waals surface area contributed by atoms with Gasteiger partial charge in [0.1, 0.15) is 16.9 Å². The Hall–Kier alpha value is -2.58. The largest absolute Gasteiger partial charge is 0.496 e. The van der Waals surface area contributed by atoms with Gasteiger partial charge in [0.2, 0.25) is 5.91 Å². The van der Waals surface area contributed by atoms with Crippen molar-refractivity contribution in [1.29, 1.82) is 0 Å². The first-order chi connectivity index (χ1) is 15.1. The fourth-order valence-corrected chi connectivity index (χ4v) is 5.30. The van der Waals surface area contributed by atoms with Crippen molar-refractivity contribution in [2.75, 3.05) is 52.1 Å². The smallest absolute Gasteiger partial charge is 0.254 e. The van der Waals surface area contributed by atoms with Gasteiger partial charge in [-0.2, -0.15) is 0 Å². The van der Waals surface area contributed by atoms with Crippen LogP contribution in [-0.2, 0) is 4.79 Å². The van der Waals surface area contributed by atoms with E-state index in [1.807, 2.05) is 29.2 Å². The Kier molecular flexibility index (Phi) is 6.77. The number of carbonyl (C=O) groups is 2. The molecule has 2 aliphatic rings. The van der Waals surface area contributed by atoms with Crippen molar-refractivity contribution in [3.63, 3.8) is 0 Å². The number of hydrogen-bond donors (Lipinski definition) is 0. The molecule has 2 amide bonds. The van der Waals surface area contributed by atoms with Gasteiger partial charge in [-0.25, -0.2) is 4.39 Å². The minimum Gasteiger partial charge on any atom is -0.496 e. The number of amides is 2. The van der Waals surface area contributed by atoms with Crippen LogP contribution in [0, 0.1) is 5.82 Å². The zero-order valence-corrected chi connectivity index (χ0v) is 18.3. The van der Waals surface area contributed by atoms with Gasteiger partial charge in [-0.15, -0.1) is 11.8 Å². The molecule has 0 spiro atoms. The molecule has 164 valence electrons. The van der Waals surface area contributed by atoms with Crippen molar-refractivity contribution in [2.24, 2.45) is 0 Å². The molecule has 8 heteroatoms. The van der Waals surface area contributed by atoms with E-state index in [0.29, 0.717) is 31.0 Å². The maximum Gasteiger partial charge on any atom is 0.254 e. The van der Waals surface area contributed by atoms with Crippen LogP contribution >= 0.6 is 11.8 Å². The normalized spacial score (nSPS) is 19.7. The highest BCUT2D eigenvalue weighted by Crippen LogP contribution is 2.42. The lowest BCUT2D eigenvalue weighted by atomic mass is 10.1. The Morgan fingerprint density at radius 3 is 2.61 bits per heavy atom. The number of methoxy groups -OCH3 is 1. The van der Waals surface area contributed by atoms with E-state index >= 15 is 0 Å². The number of rotatable bonds is 6. The third-order valence-electron chi connectivity index (χ3n) is 5.76. The van der Waals surface area contributed by atoms with Crippen LogP contribution in [0.5, 0.6) is 5.75 Å². The molecule has 6 nitrogen and oxygen atoms in total. The molecular formula is C23H26FN3O3S. The predicted molar refractivity (Wildman–Crippen MR) is 119 cm³/mol. The fourth-order valence-electron chi connectivity index (χ4n) is 4.05. The van der Waals surface area contributed by atoms with Crippen LogP contribution < -0.4 is 4.74 Å². The van der Waals surface area contributed by atoms with E-state index in [1.54, 1.807) is 35.9 Å². The first-order valence-electron chi connectivity index (χ1n) is 10.4. The van der Waals surface area contributed by atoms with Crippen LogP contribution in [0.2, 0.25) is 0 Å². The van der Waals surface area contributed by atoms with Gasteiger partial charge in [0.05, 0.1) is 12.9 Å². The van der Waals surface area contributed by atoms with Gasteiger partial charge in [-0.1, -0.05) is 24.3 Å². The summed E-state index contributed by atoms with van der Waals surface area (Å²) < 4.78 is 18.9. The number of thioether (sulfide) groups is 1. The summed E-state index contributed by atoms with van der Waals surface area (Å²) >= 11 is 1.63. The first kappa shape index (κ1) is 21.6. The molecule has 0 aromatic heterocycles. The van der Waals surface area contributed by atoms with Crippen molar-refractivity contribution in [3.05, 3.63) is 65.5 Å². The quantitative estimate of drug-likeness (QED) is 0.687. The topological polar surface area (TPSA) is 53.1 Å². The molecule has 0 N–H and O–H groups in total. The van der Waals surface area contributed by atoms with Crippen LogP contribution in [0.1, 0.15) is 21.3 Å². The number of halogens is 1. The summed E-state index contributed by atoms with van der Waals surface area (Å²) in [6.07, 6.45) is 0. The number of para-hydroxylation sites is 1. The molecule has 31 heavy (non-hydrogen) atoms. The molecule has 2 aromatic rings. The molecule has 2 aromatic carbocycles. The van der Waals surface area contributed by atoms with Gasteiger partial charge in [0.25, 0.3) is 5.91 Å². The van der Waals surface area contributed by atoms with E-state index in [9.17, 15) is 14.0 Å². The van der Waals surface area contributed by atoms with Crippen LogP contribution in [-0.4, -0.2) is 78.6 Å². The Labute approximate surface area is 185 Å². The second-order valence-corrected chi connectivity index (χ2v) is 8.71. The standard InChI is InChI=1S/C23H26FN3O3S/c1-30-20-8-3-2-7-19(20)23-27(21(28)16-31-23)14-11-25-9-12-26(13-10-25)22(29)17-5-4-6-18(24)15-17/h2-8,15,23H,9-14,16H2,1H3/t23-/m0/s1. The molecule has 2 aliphatic heterocycles. The van der Waals surface area contributed by atoms with E-state index in [0.717, 1.165) is 30.9 Å². The average molecular weight is 444 g/mol. The van der Waals surface area contributed by atoms with Gasteiger partial charge in [-0.3, -0.25) is 14.5 Å². The van der Waals surface area contributed by atoms with Gasteiger partial charge in [0.15, 0.2) is 0 Å². The highest BCUT2D eigenvalue weighted by atomic mass is 32.2. The Morgan fingerprint density at radius 1 is 1.10 bits per heavy atom. The van der Waals surface area contributed by atoms with Gasteiger partial charge in [-0.05, 0) is 24.3 Å². The van der Waals surface area contributed by atoms with E-state index in [2.05, 4.69) is 4.90 Å². The summed E-state index contributed by atoms with van der Waals surface area (Å²) in [5, 5.41) is -0.0421. The summed E-state index contributed by atoms with van der Waals surface area (Å²) in [5.41, 5.74) is 1.40. The van der Waals surface area contributed by atoms with Crippen LogP contribution in [0.25, 0.3) is 0 Å². The van der Waals surface area contributed by atoms with E-state index in [1.165, 1.54) is 12.1 Å². The zero-order valence-electron chi connectivity index (χ0n) is 17.5. The third-order valence-corrected chi connectivity index (χ3v) is 7.00. The molecule has 2 saturated heterocycles. The number of hydrogen-bond acceptors (Lipinski definition) is 5. The second kappa shape index (κ2) is 9.70. The average Bonchev–Trinajstić information content (AvgIpc) is 3.17. The number of benzene rings is 2. The minimum absolute atomic E-state index is 0.0421. The van der Waals surface area contributed by atoms with Gasteiger partial charge < -0.3 is 14.5 Å². The molecular weight excluding hydrogens is 417 g/mol. The number of nitrogens with zero attached hydrogens (tertiary/aromatic N) is 3. The maximum absolute atomic E-state index is 13.4. The number of ether oxygens (including phenoxy) is 1. The molecule has 2 fully saturated rings. The Balaban J connectivity index is 1.32. The Morgan fingerprint density at radius 2 is 1.87 bits per heavy atom. The first-order valence-corrected chi connectivity index (χ1v) is 11.4. The molecule has 2 heterocycles. The molecule has 0 radical (unpaired) electrons. The van der Waals surface area contributed by atoms with E-state index in [4.69, 9.17) is 4.74 Å². The Bertz CT molecular complexity index is 949. The molecule has 0 unspecified atom stereocenters. The number of piperazine rings is 1. The monoisotopic (exact) mass is 443 g/mol. The molecule has 0 saturated carbocycles. The lowest BCUT2D eigenvalue weighted by Gasteiger charge is -2.36. The predicted octanol–water partition coefficient (Wildman–Crippen LogP) is 2.87. The summed E-state index contributed by atoms with van der Waals surface area (Å²) in [7, 11) is 1.65. The minimum atomic E-state index is -0.401. The molecule has 4 rings (SSSR count). The highest BCUT2D eigenvalue weighted by Gasteiger charge is 2.34. The summed E-state index contributed by atoms with van der Waals surface area (Å²) in [5.74, 6) is 0.868. The van der Waals surface area contributed by atoms with Crippen molar-refractivity contribution in [2.45, 2.75) is 5.37 Å². The lowest BCUT2D eigenvalue weighted by molar-refractivity contribution is -0.128. The van der Waals surface area contributed by atoms with Crippen molar-refractivity contribution in [1.82, 2.24) is 14.7 Å². The summed E-state index contributed by atoms with van der Waals surface area (Å²) in [4.78, 5) is 31.1. The van der Waals surface area contributed by atoms with Crippen molar-refractivity contribution < 1.29 is 18.7 Å². The zero-order chi connectivity index (χ0) is 21.8. The van der Waals surface area contributed by atoms with Crippen molar-refractivity contribution >= 4 is 23.6 Å². The van der Waals surface area contributed by atoms with E-state index in [-0.39, 0.29) is 17.2 Å². The van der Waals surface area contributed by atoms with Gasteiger partial charge >= 0.3 is 0 Å². The van der Waals surface area contributed by atoms with Crippen LogP contribution in [0.3, 0.4) is 0 Å². The number of carbonyl (C=O) groups excluding carboxylic acids is 2.